The van der Waals surface area contributed by atoms with Crippen LogP contribution in [0.15, 0.2) is 41.8 Å². The maximum Gasteiger partial charge on any atom is 0.270 e. The van der Waals surface area contributed by atoms with Gasteiger partial charge in [-0.2, -0.15) is 0 Å². The lowest BCUT2D eigenvalue weighted by Gasteiger charge is -2.13. The molecule has 1 saturated carbocycles. The van der Waals surface area contributed by atoms with Gasteiger partial charge in [-0.25, -0.2) is 9.37 Å². The van der Waals surface area contributed by atoms with Gasteiger partial charge in [0, 0.05) is 23.1 Å². The van der Waals surface area contributed by atoms with Gasteiger partial charge in [0.1, 0.15) is 23.1 Å². The number of nitrogens with zero attached hydrogens (tertiary/aromatic N) is 1. The van der Waals surface area contributed by atoms with Gasteiger partial charge in [-0.15, -0.1) is 11.3 Å². The van der Waals surface area contributed by atoms with Gasteiger partial charge in [0.05, 0.1) is 12.1 Å². The molecule has 0 aliphatic heterocycles. The molecule has 30 heavy (non-hydrogen) atoms. The highest BCUT2D eigenvalue weighted by molar-refractivity contribution is 7.13. The number of halogens is 2. The molecule has 0 radical (unpaired) electrons. The molecule has 1 fully saturated rings. The molecule has 8 heteroatoms. The Morgan fingerprint density at radius 1 is 1.30 bits per heavy atom. The molecule has 0 spiro atoms. The number of nitrogens with one attached hydrogen (secondary N) is 1. The Kier molecular flexibility index (Phi) is 6.20. The molecule has 1 aromatic heterocycles. The first-order valence-electron chi connectivity index (χ1n) is 9.53. The highest BCUT2D eigenvalue weighted by Crippen LogP contribution is 2.35. The summed E-state index contributed by atoms with van der Waals surface area (Å²) in [6, 6.07) is 9.84. The van der Waals surface area contributed by atoms with Crippen LogP contribution in [0.3, 0.4) is 0 Å². The molecule has 0 unspecified atom stereocenters. The normalized spacial score (nSPS) is 13.2. The first-order chi connectivity index (χ1) is 14.5. The Morgan fingerprint density at radius 3 is 2.87 bits per heavy atom. The average Bonchev–Trinajstić information content (AvgIpc) is 3.45. The molecule has 1 amide bonds. The largest absolute Gasteiger partial charge is 0.493 e. The number of ether oxygens (including phenoxy) is 2. The van der Waals surface area contributed by atoms with Crippen LogP contribution in [0.4, 0.5) is 4.39 Å². The van der Waals surface area contributed by atoms with Crippen molar-refractivity contribution < 1.29 is 18.7 Å². The fourth-order valence-corrected chi connectivity index (χ4v) is 3.91. The van der Waals surface area contributed by atoms with Gasteiger partial charge in [0.2, 0.25) is 0 Å². The van der Waals surface area contributed by atoms with Crippen LogP contribution in [0, 0.1) is 11.7 Å². The van der Waals surface area contributed by atoms with Crippen molar-refractivity contribution in [2.45, 2.75) is 19.4 Å². The number of benzene rings is 2. The van der Waals surface area contributed by atoms with E-state index in [1.54, 1.807) is 29.6 Å². The number of amides is 1. The predicted molar refractivity (Wildman–Crippen MR) is 115 cm³/mol. The van der Waals surface area contributed by atoms with Crippen molar-refractivity contribution in [3.8, 4) is 22.1 Å². The molecule has 1 aliphatic rings. The molecule has 2 aromatic carbocycles. The maximum atomic E-state index is 14.0. The molecule has 0 bridgehead atoms. The minimum absolute atomic E-state index is 0.0240. The van der Waals surface area contributed by atoms with Crippen molar-refractivity contribution in [1.82, 2.24) is 10.3 Å². The zero-order valence-electron chi connectivity index (χ0n) is 16.3. The predicted octanol–water partition coefficient (Wildman–Crippen LogP) is 5.33. The molecule has 3 aromatic rings. The van der Waals surface area contributed by atoms with Crippen molar-refractivity contribution in [2.75, 3.05) is 13.7 Å². The Labute approximate surface area is 182 Å². The van der Waals surface area contributed by atoms with Crippen LogP contribution in [0.2, 0.25) is 5.02 Å². The van der Waals surface area contributed by atoms with Gasteiger partial charge in [-0.3, -0.25) is 4.79 Å². The minimum Gasteiger partial charge on any atom is -0.493 e. The van der Waals surface area contributed by atoms with Gasteiger partial charge in [-0.05, 0) is 49.1 Å². The Bertz CT molecular complexity index is 1050. The van der Waals surface area contributed by atoms with E-state index in [-0.39, 0.29) is 18.1 Å². The molecule has 156 valence electrons. The standard InChI is InChI=1S/C22H20ClFN2O3S/c1-28-20-9-14(22-26-18(12-30-22)21(27)25-10-13-5-6-13)7-8-19(20)29-11-15-16(23)3-2-4-17(15)24/h2-4,7-9,12-13H,5-6,10-11H2,1H3,(H,25,27). The molecule has 0 saturated heterocycles. The second-order valence-electron chi connectivity index (χ2n) is 7.05. The minimum atomic E-state index is -0.423. The third-order valence-electron chi connectivity index (χ3n) is 4.83. The number of carbonyl (C=O) groups is 1. The quantitative estimate of drug-likeness (QED) is 0.508. The third kappa shape index (κ3) is 4.74. The van der Waals surface area contributed by atoms with Gasteiger partial charge in [-0.1, -0.05) is 17.7 Å². The van der Waals surface area contributed by atoms with E-state index >= 15 is 0 Å². The summed E-state index contributed by atoms with van der Waals surface area (Å²) in [6.45, 7) is 0.682. The van der Waals surface area contributed by atoms with Gasteiger partial charge in [0.15, 0.2) is 11.5 Å². The van der Waals surface area contributed by atoms with Crippen LogP contribution >= 0.6 is 22.9 Å². The van der Waals surface area contributed by atoms with Crippen molar-refractivity contribution in [1.29, 1.82) is 0 Å². The fraction of sp³-hybridized carbons (Fsp3) is 0.273. The zero-order valence-corrected chi connectivity index (χ0v) is 17.9. The van der Waals surface area contributed by atoms with Crippen LogP contribution in [0.5, 0.6) is 11.5 Å². The van der Waals surface area contributed by atoms with E-state index in [1.807, 2.05) is 6.07 Å². The number of rotatable bonds is 8. The maximum absolute atomic E-state index is 14.0. The molecule has 1 aliphatic carbocycles. The number of hydrogen-bond donors (Lipinski definition) is 1. The summed E-state index contributed by atoms with van der Waals surface area (Å²) in [7, 11) is 1.53. The Hall–Kier alpha value is -2.64. The van der Waals surface area contributed by atoms with Crippen molar-refractivity contribution in [3.63, 3.8) is 0 Å². The molecule has 5 nitrogen and oxygen atoms in total. The molecule has 4 rings (SSSR count). The van der Waals surface area contributed by atoms with Gasteiger partial charge < -0.3 is 14.8 Å². The highest BCUT2D eigenvalue weighted by Gasteiger charge is 2.22. The van der Waals surface area contributed by atoms with E-state index in [2.05, 4.69) is 10.3 Å². The molecule has 1 N–H and O–H groups in total. The van der Waals surface area contributed by atoms with Crippen molar-refractivity contribution in [2.24, 2.45) is 5.92 Å². The number of carbonyl (C=O) groups excluding carboxylic acids is 1. The van der Waals surface area contributed by atoms with Crippen molar-refractivity contribution in [3.05, 3.63) is 63.9 Å². The Balaban J connectivity index is 1.47. The monoisotopic (exact) mass is 446 g/mol. The highest BCUT2D eigenvalue weighted by atomic mass is 35.5. The molecule has 1 heterocycles. The molecule has 0 atom stereocenters. The smallest absolute Gasteiger partial charge is 0.270 e. The third-order valence-corrected chi connectivity index (χ3v) is 6.07. The summed E-state index contributed by atoms with van der Waals surface area (Å²) >= 11 is 7.44. The lowest BCUT2D eigenvalue weighted by atomic mass is 10.2. The van der Waals surface area contributed by atoms with Crippen LogP contribution in [-0.4, -0.2) is 24.5 Å². The molecular weight excluding hydrogens is 427 g/mol. The average molecular weight is 447 g/mol. The number of thiazole rings is 1. The molecular formula is C22H20ClFN2O3S. The summed E-state index contributed by atoms with van der Waals surface area (Å²) in [4.78, 5) is 16.7. The topological polar surface area (TPSA) is 60.5 Å². The van der Waals surface area contributed by atoms with E-state index in [0.29, 0.717) is 39.7 Å². The van der Waals surface area contributed by atoms with E-state index < -0.39 is 5.82 Å². The second-order valence-corrected chi connectivity index (χ2v) is 8.31. The number of hydrogen-bond acceptors (Lipinski definition) is 5. The lowest BCUT2D eigenvalue weighted by molar-refractivity contribution is 0.0947. The lowest BCUT2D eigenvalue weighted by Crippen LogP contribution is -2.25. The summed E-state index contributed by atoms with van der Waals surface area (Å²) in [5, 5.41) is 5.67. The SMILES string of the molecule is COc1cc(-c2nc(C(=O)NCC3CC3)cs2)ccc1OCc1c(F)cccc1Cl. The fourth-order valence-electron chi connectivity index (χ4n) is 2.90. The summed E-state index contributed by atoms with van der Waals surface area (Å²) in [5.41, 5.74) is 1.49. The summed E-state index contributed by atoms with van der Waals surface area (Å²) in [6.07, 6.45) is 2.36. The van der Waals surface area contributed by atoms with Crippen LogP contribution < -0.4 is 14.8 Å². The van der Waals surface area contributed by atoms with Crippen LogP contribution in [0.25, 0.3) is 10.6 Å². The van der Waals surface area contributed by atoms with Crippen LogP contribution in [-0.2, 0) is 6.61 Å². The van der Waals surface area contributed by atoms with Crippen molar-refractivity contribution >= 4 is 28.8 Å². The number of methoxy groups -OCH3 is 1. The van der Waals surface area contributed by atoms with Gasteiger partial charge in [0.25, 0.3) is 5.91 Å². The van der Waals surface area contributed by atoms with E-state index in [1.165, 1.54) is 37.4 Å². The first-order valence-corrected chi connectivity index (χ1v) is 10.8. The van der Waals surface area contributed by atoms with E-state index in [0.717, 1.165) is 5.56 Å². The zero-order chi connectivity index (χ0) is 21.1. The van der Waals surface area contributed by atoms with E-state index in [4.69, 9.17) is 21.1 Å². The van der Waals surface area contributed by atoms with Gasteiger partial charge >= 0.3 is 0 Å². The number of aromatic nitrogens is 1. The summed E-state index contributed by atoms with van der Waals surface area (Å²) in [5.74, 6) is 0.976. The Morgan fingerprint density at radius 2 is 2.13 bits per heavy atom. The van der Waals surface area contributed by atoms with E-state index in [9.17, 15) is 9.18 Å². The van der Waals surface area contributed by atoms with Crippen LogP contribution in [0.1, 0.15) is 28.9 Å². The first kappa shape index (κ1) is 20.6. The second kappa shape index (κ2) is 9.02. The summed E-state index contributed by atoms with van der Waals surface area (Å²) < 4.78 is 25.1.